The molecule has 23 heavy (non-hydrogen) atoms. The van der Waals surface area contributed by atoms with Gasteiger partial charge in [-0.3, -0.25) is 0 Å². The molecule has 1 atom stereocenters. The van der Waals surface area contributed by atoms with Crippen LogP contribution in [0.5, 0.6) is 0 Å². The maximum Gasteiger partial charge on any atom is 0.435 e. The average molecular weight is 322 g/mol. The van der Waals surface area contributed by atoms with Crippen LogP contribution in [0.4, 0.5) is 13.2 Å². The molecule has 4 rings (SSSR count). The second kappa shape index (κ2) is 5.09. The van der Waals surface area contributed by atoms with Crippen molar-refractivity contribution in [2.75, 3.05) is 6.61 Å². The van der Waals surface area contributed by atoms with Gasteiger partial charge in [0.2, 0.25) is 0 Å². The number of nitrogens with zero attached hydrogens (tertiary/aromatic N) is 2. The lowest BCUT2D eigenvalue weighted by molar-refractivity contribution is -0.142. The molecule has 1 unspecified atom stereocenters. The van der Waals surface area contributed by atoms with Crippen molar-refractivity contribution in [2.45, 2.75) is 39.0 Å². The predicted octanol–water partition coefficient (Wildman–Crippen LogP) is 3.70. The van der Waals surface area contributed by atoms with Gasteiger partial charge in [0.1, 0.15) is 0 Å². The number of benzene rings is 1. The molecule has 0 saturated carbocycles. The van der Waals surface area contributed by atoms with Gasteiger partial charge in [-0.05, 0) is 42.0 Å². The third-order valence-corrected chi connectivity index (χ3v) is 4.66. The molecule has 0 spiro atoms. The lowest BCUT2D eigenvalue weighted by Gasteiger charge is -2.16. The molecule has 1 aromatic carbocycles. The van der Waals surface area contributed by atoms with E-state index in [4.69, 9.17) is 4.74 Å². The molecule has 6 heteroatoms. The number of fused-ring (bicyclic) bond motifs is 2. The van der Waals surface area contributed by atoms with Gasteiger partial charge in [0.05, 0.1) is 24.6 Å². The molecule has 2 aromatic rings. The van der Waals surface area contributed by atoms with E-state index in [1.165, 1.54) is 15.8 Å². The second-order valence-electron chi connectivity index (χ2n) is 6.45. The quantitative estimate of drug-likeness (QED) is 0.800. The Morgan fingerprint density at radius 2 is 2.00 bits per heavy atom. The number of halogens is 3. The van der Waals surface area contributed by atoms with Crippen molar-refractivity contribution in [2.24, 2.45) is 5.92 Å². The van der Waals surface area contributed by atoms with E-state index in [2.05, 4.69) is 12.0 Å². The van der Waals surface area contributed by atoms with Crippen molar-refractivity contribution in [3.05, 3.63) is 46.3 Å². The van der Waals surface area contributed by atoms with Crippen LogP contribution >= 0.6 is 0 Å². The molecule has 0 amide bonds. The Morgan fingerprint density at radius 1 is 1.22 bits per heavy atom. The normalized spacial score (nSPS) is 20.4. The molecule has 0 saturated heterocycles. The lowest BCUT2D eigenvalue weighted by Crippen LogP contribution is -2.15. The minimum absolute atomic E-state index is 0.0217. The Morgan fingerprint density at radius 3 is 2.78 bits per heavy atom. The summed E-state index contributed by atoms with van der Waals surface area (Å²) in [5, 5.41) is 3.89. The topological polar surface area (TPSA) is 27.1 Å². The molecule has 0 N–H and O–H groups in total. The van der Waals surface area contributed by atoms with E-state index in [1.54, 1.807) is 0 Å². The molecule has 1 aliphatic heterocycles. The molecule has 1 aromatic heterocycles. The summed E-state index contributed by atoms with van der Waals surface area (Å²) in [5.74, 6) is 0.589. The molecule has 0 fully saturated rings. The molecule has 2 aliphatic rings. The predicted molar refractivity (Wildman–Crippen MR) is 78.5 cm³/mol. The van der Waals surface area contributed by atoms with Crippen molar-refractivity contribution < 1.29 is 17.9 Å². The van der Waals surface area contributed by atoms with E-state index in [0.717, 1.165) is 12.8 Å². The number of rotatable bonds is 1. The highest BCUT2D eigenvalue weighted by Crippen LogP contribution is 2.36. The lowest BCUT2D eigenvalue weighted by atomic mass is 10.1. The highest BCUT2D eigenvalue weighted by molar-refractivity contribution is 5.45. The second-order valence-corrected chi connectivity index (χ2v) is 6.45. The van der Waals surface area contributed by atoms with Crippen LogP contribution in [0.1, 0.15) is 35.0 Å². The summed E-state index contributed by atoms with van der Waals surface area (Å²) in [6.45, 7) is 2.60. The van der Waals surface area contributed by atoms with Crippen LogP contribution in [-0.4, -0.2) is 16.4 Å². The van der Waals surface area contributed by atoms with E-state index < -0.39 is 11.9 Å². The van der Waals surface area contributed by atoms with Crippen LogP contribution in [0.25, 0.3) is 5.69 Å². The highest BCUT2D eigenvalue weighted by Gasteiger charge is 2.40. The first-order chi connectivity index (χ1) is 10.9. The van der Waals surface area contributed by atoms with Gasteiger partial charge < -0.3 is 4.74 Å². The third-order valence-electron chi connectivity index (χ3n) is 4.66. The number of ether oxygens (including phenoxy) is 1. The molecule has 0 bridgehead atoms. The fourth-order valence-electron chi connectivity index (χ4n) is 3.63. The van der Waals surface area contributed by atoms with E-state index in [9.17, 15) is 13.2 Å². The number of hydrogen-bond acceptors (Lipinski definition) is 2. The minimum Gasteiger partial charge on any atom is -0.376 e. The summed E-state index contributed by atoms with van der Waals surface area (Å²) in [4.78, 5) is 0. The first-order valence-electron chi connectivity index (χ1n) is 7.81. The SMILES string of the molecule is CC1Cc2ccc(-n3nc(C(F)(F)F)c4c3CCOC4)cc2C1. The van der Waals surface area contributed by atoms with Crippen LogP contribution in [-0.2, 0) is 36.8 Å². The maximum absolute atomic E-state index is 13.2. The molecule has 0 radical (unpaired) electrons. The minimum atomic E-state index is -4.46. The Bertz CT molecular complexity index is 764. The fourth-order valence-corrected chi connectivity index (χ4v) is 3.63. The summed E-state index contributed by atoms with van der Waals surface area (Å²) in [6, 6.07) is 5.89. The highest BCUT2D eigenvalue weighted by atomic mass is 19.4. The van der Waals surface area contributed by atoms with Crippen molar-refractivity contribution >= 4 is 0 Å². The molecule has 1 aliphatic carbocycles. The van der Waals surface area contributed by atoms with Crippen molar-refractivity contribution in [3.63, 3.8) is 0 Å². The van der Waals surface area contributed by atoms with Crippen molar-refractivity contribution in [1.82, 2.24) is 9.78 Å². The average Bonchev–Trinajstić information content (AvgIpc) is 3.05. The zero-order valence-corrected chi connectivity index (χ0v) is 12.8. The van der Waals surface area contributed by atoms with E-state index >= 15 is 0 Å². The Balaban J connectivity index is 1.84. The van der Waals surface area contributed by atoms with E-state index in [-0.39, 0.29) is 12.2 Å². The van der Waals surface area contributed by atoms with Crippen molar-refractivity contribution in [3.8, 4) is 5.69 Å². The first kappa shape index (κ1) is 14.8. The third kappa shape index (κ3) is 2.45. The Hall–Kier alpha value is -1.82. The van der Waals surface area contributed by atoms with Gasteiger partial charge in [-0.15, -0.1) is 0 Å². The smallest absolute Gasteiger partial charge is 0.376 e. The van der Waals surface area contributed by atoms with Crippen LogP contribution < -0.4 is 0 Å². The van der Waals surface area contributed by atoms with Gasteiger partial charge >= 0.3 is 6.18 Å². The standard InChI is InChI=1S/C17H17F3N2O/c1-10-6-11-2-3-13(8-12(11)7-10)22-15-4-5-23-9-14(15)16(21-22)17(18,19)20/h2-3,8,10H,4-7,9H2,1H3. The van der Waals surface area contributed by atoms with Crippen molar-refractivity contribution in [1.29, 1.82) is 0 Å². The zero-order valence-electron chi connectivity index (χ0n) is 12.8. The van der Waals surface area contributed by atoms with Gasteiger partial charge in [-0.25, -0.2) is 4.68 Å². The summed E-state index contributed by atoms with van der Waals surface area (Å²) in [7, 11) is 0. The summed E-state index contributed by atoms with van der Waals surface area (Å²) in [6.07, 6.45) is -2.00. The number of alkyl halides is 3. The summed E-state index contributed by atoms with van der Waals surface area (Å²) < 4.78 is 46.4. The fraction of sp³-hybridized carbons (Fsp3) is 0.471. The molecule has 3 nitrogen and oxygen atoms in total. The van der Waals surface area contributed by atoms with Gasteiger partial charge in [0.25, 0.3) is 0 Å². The Kier molecular flexibility index (Phi) is 3.27. The maximum atomic E-state index is 13.2. The van der Waals surface area contributed by atoms with Crippen LogP contribution in [0.3, 0.4) is 0 Å². The van der Waals surface area contributed by atoms with Crippen LogP contribution in [0.2, 0.25) is 0 Å². The van der Waals surface area contributed by atoms with Gasteiger partial charge in [0, 0.05) is 12.0 Å². The zero-order chi connectivity index (χ0) is 16.2. The summed E-state index contributed by atoms with van der Waals surface area (Å²) in [5.41, 5.74) is 3.21. The van der Waals surface area contributed by atoms with Crippen LogP contribution in [0, 0.1) is 5.92 Å². The number of aromatic nitrogens is 2. The van der Waals surface area contributed by atoms with Gasteiger partial charge in [0.15, 0.2) is 5.69 Å². The van der Waals surface area contributed by atoms with Gasteiger partial charge in [-0.1, -0.05) is 13.0 Å². The monoisotopic (exact) mass is 322 g/mol. The van der Waals surface area contributed by atoms with Gasteiger partial charge in [-0.2, -0.15) is 18.3 Å². The number of hydrogen-bond donors (Lipinski definition) is 0. The molecule has 122 valence electrons. The van der Waals surface area contributed by atoms with E-state index in [1.807, 2.05) is 18.2 Å². The summed E-state index contributed by atoms with van der Waals surface area (Å²) >= 11 is 0. The molecular weight excluding hydrogens is 305 g/mol. The molecular formula is C17H17F3N2O. The molecule has 2 heterocycles. The Labute approximate surface area is 132 Å². The first-order valence-corrected chi connectivity index (χ1v) is 7.81. The van der Waals surface area contributed by atoms with Crippen LogP contribution in [0.15, 0.2) is 18.2 Å². The van der Waals surface area contributed by atoms with E-state index in [0.29, 0.717) is 30.3 Å². The largest absolute Gasteiger partial charge is 0.435 e.